The van der Waals surface area contributed by atoms with Gasteiger partial charge in [-0.2, -0.15) is 0 Å². The maximum Gasteiger partial charge on any atom is 0.271 e. The fourth-order valence-corrected chi connectivity index (χ4v) is 4.22. The van der Waals surface area contributed by atoms with Gasteiger partial charge in [0.1, 0.15) is 5.69 Å². The molecular weight excluding hydrogens is 342 g/mol. The third-order valence-corrected chi connectivity index (χ3v) is 5.56. The summed E-state index contributed by atoms with van der Waals surface area (Å²) in [5.41, 5.74) is 1.53. The number of aliphatic hydroxyl groups is 1. The minimum absolute atomic E-state index is 0.00584. The first-order chi connectivity index (χ1) is 13.0. The van der Waals surface area contributed by atoms with Crippen molar-refractivity contribution in [2.45, 2.75) is 38.3 Å². The molecule has 27 heavy (non-hydrogen) atoms. The predicted molar refractivity (Wildman–Crippen MR) is 104 cm³/mol. The number of aryl methyl sites for hydroxylation is 1. The molecule has 1 N–H and O–H groups in total. The number of hydrogen-bond acceptors (Lipinski definition) is 4. The Hall–Kier alpha value is -2.73. The Bertz CT molecular complexity index is 924. The zero-order valence-electron chi connectivity index (χ0n) is 15.5. The molecule has 2 heterocycles. The third-order valence-electron chi connectivity index (χ3n) is 5.56. The number of anilines is 1. The summed E-state index contributed by atoms with van der Waals surface area (Å²) in [4.78, 5) is 13.0. The first-order valence-corrected chi connectivity index (χ1v) is 9.44. The van der Waals surface area contributed by atoms with Gasteiger partial charge in [0.2, 0.25) is 0 Å². The van der Waals surface area contributed by atoms with Crippen LogP contribution in [0.25, 0.3) is 0 Å². The Morgan fingerprint density at radius 3 is 2.74 bits per heavy atom. The predicted octanol–water partition coefficient (Wildman–Crippen LogP) is 3.55. The molecule has 2 aromatic carbocycles. The van der Waals surface area contributed by atoms with Crippen LogP contribution in [0.1, 0.15) is 36.8 Å². The summed E-state index contributed by atoms with van der Waals surface area (Å²) in [5.74, 6) is 1.10. The minimum Gasteiger partial charge on any atom is -0.346 e. The quantitative estimate of drug-likeness (QED) is 0.512. The fraction of sp³-hybridized carbons (Fsp3) is 0.381. The van der Waals surface area contributed by atoms with Gasteiger partial charge in [0, 0.05) is 24.1 Å². The maximum atomic E-state index is 11.7. The number of nitro benzene ring substituents is 1. The Morgan fingerprint density at radius 1 is 1.15 bits per heavy atom. The van der Waals surface area contributed by atoms with Crippen LogP contribution < -0.4 is 4.90 Å². The Morgan fingerprint density at radius 2 is 1.96 bits per heavy atom. The van der Waals surface area contributed by atoms with Crippen LogP contribution in [0, 0.1) is 17.0 Å². The Balaban J connectivity index is 1.82. The highest BCUT2D eigenvalue weighted by Crippen LogP contribution is 2.36. The van der Waals surface area contributed by atoms with Gasteiger partial charge >= 0.3 is 0 Å². The van der Waals surface area contributed by atoms with E-state index in [0.717, 1.165) is 43.8 Å². The fourth-order valence-electron chi connectivity index (χ4n) is 4.22. The molecule has 4 rings (SSSR count). The lowest BCUT2D eigenvalue weighted by Gasteiger charge is -2.23. The highest BCUT2D eigenvalue weighted by molar-refractivity contribution is 5.96. The van der Waals surface area contributed by atoms with Crippen molar-refractivity contribution in [3.05, 3.63) is 69.8 Å². The van der Waals surface area contributed by atoms with Crippen LogP contribution in [0.15, 0.2) is 48.5 Å². The van der Waals surface area contributed by atoms with E-state index < -0.39 is 10.6 Å². The highest BCUT2D eigenvalue weighted by Gasteiger charge is 2.52. The minimum atomic E-state index is -1.27. The molecule has 6 heteroatoms. The molecule has 6 nitrogen and oxygen atoms in total. The van der Waals surface area contributed by atoms with Crippen LogP contribution in [-0.4, -0.2) is 33.5 Å². The first-order valence-electron chi connectivity index (χ1n) is 9.44. The standard InChI is InChI=1S/C21H24N3O3/c1-16-7-5-9-18(13-16)22-15-21(25,23-12-4-2-3-11-20(22)23)17-8-6-10-19(14-17)24(26)27/h5-10,13-14,25H,2-4,11-12,15H2,1H3/q+1/t21-/m0/s1. The molecule has 0 amide bonds. The molecule has 0 radical (unpaired) electrons. The lowest BCUT2D eigenvalue weighted by Crippen LogP contribution is -2.41. The van der Waals surface area contributed by atoms with Crippen molar-refractivity contribution in [3.8, 4) is 0 Å². The second-order valence-electron chi connectivity index (χ2n) is 7.43. The van der Waals surface area contributed by atoms with E-state index in [9.17, 15) is 15.2 Å². The molecule has 0 fully saturated rings. The van der Waals surface area contributed by atoms with Gasteiger partial charge in [0.15, 0.2) is 6.54 Å². The van der Waals surface area contributed by atoms with E-state index in [-0.39, 0.29) is 5.69 Å². The number of hydrogen-bond donors (Lipinski definition) is 1. The summed E-state index contributed by atoms with van der Waals surface area (Å²) < 4.78 is 2.06. The lowest BCUT2D eigenvalue weighted by molar-refractivity contribution is -0.658. The van der Waals surface area contributed by atoms with Crippen LogP contribution in [0.3, 0.4) is 0 Å². The molecule has 0 saturated heterocycles. The molecule has 1 atom stereocenters. The van der Waals surface area contributed by atoms with Crippen LogP contribution in [0.5, 0.6) is 0 Å². The van der Waals surface area contributed by atoms with E-state index in [1.807, 2.05) is 6.07 Å². The molecule has 0 unspecified atom stereocenters. The Labute approximate surface area is 158 Å². The second-order valence-corrected chi connectivity index (χ2v) is 7.43. The van der Waals surface area contributed by atoms with Crippen molar-refractivity contribution in [2.75, 3.05) is 18.0 Å². The van der Waals surface area contributed by atoms with E-state index in [1.54, 1.807) is 12.1 Å². The SMILES string of the molecule is Cc1cccc(N2C[C@](O)(c3cccc([N+](=O)[O-])c3)[N+]3=C2CCCCC3)c1. The van der Waals surface area contributed by atoms with E-state index in [4.69, 9.17) is 0 Å². The van der Waals surface area contributed by atoms with Gasteiger partial charge in [0.25, 0.3) is 17.2 Å². The number of nitrogens with zero attached hydrogens (tertiary/aromatic N) is 3. The Kier molecular flexibility index (Phi) is 4.44. The summed E-state index contributed by atoms with van der Waals surface area (Å²) in [6.45, 7) is 3.17. The average Bonchev–Trinajstić information content (AvgIpc) is 2.82. The van der Waals surface area contributed by atoms with Gasteiger partial charge < -0.3 is 5.11 Å². The molecule has 2 aliphatic heterocycles. The molecule has 2 aliphatic rings. The lowest BCUT2D eigenvalue weighted by atomic mass is 10.0. The van der Waals surface area contributed by atoms with Crippen molar-refractivity contribution < 1.29 is 14.6 Å². The van der Waals surface area contributed by atoms with Gasteiger partial charge in [-0.25, -0.2) is 9.48 Å². The maximum absolute atomic E-state index is 11.7. The zero-order chi connectivity index (χ0) is 19.0. The number of amidine groups is 1. The van der Waals surface area contributed by atoms with Gasteiger partial charge in [-0.05, 0) is 43.9 Å². The zero-order valence-corrected chi connectivity index (χ0v) is 15.5. The first kappa shape index (κ1) is 17.7. The summed E-state index contributed by atoms with van der Waals surface area (Å²) in [5, 5.41) is 23.0. The van der Waals surface area contributed by atoms with Crippen molar-refractivity contribution in [1.29, 1.82) is 0 Å². The van der Waals surface area contributed by atoms with Crippen LogP contribution in [0.4, 0.5) is 11.4 Å². The number of nitro groups is 1. The van der Waals surface area contributed by atoms with Crippen molar-refractivity contribution in [2.24, 2.45) is 0 Å². The normalized spacial score (nSPS) is 22.5. The summed E-state index contributed by atoms with van der Waals surface area (Å²) >= 11 is 0. The largest absolute Gasteiger partial charge is 0.346 e. The van der Waals surface area contributed by atoms with E-state index in [2.05, 4.69) is 34.6 Å². The molecular formula is C21H24N3O3+. The van der Waals surface area contributed by atoms with Gasteiger partial charge in [-0.3, -0.25) is 10.1 Å². The highest BCUT2D eigenvalue weighted by atomic mass is 16.6. The molecule has 2 aromatic rings. The van der Waals surface area contributed by atoms with Gasteiger partial charge in [-0.15, -0.1) is 0 Å². The van der Waals surface area contributed by atoms with Crippen molar-refractivity contribution in [3.63, 3.8) is 0 Å². The topological polar surface area (TPSA) is 69.6 Å². The molecule has 140 valence electrons. The van der Waals surface area contributed by atoms with Crippen LogP contribution in [-0.2, 0) is 5.72 Å². The van der Waals surface area contributed by atoms with E-state index in [0.29, 0.717) is 12.1 Å². The van der Waals surface area contributed by atoms with Crippen LogP contribution in [0.2, 0.25) is 0 Å². The third kappa shape index (κ3) is 3.10. The summed E-state index contributed by atoms with van der Waals surface area (Å²) in [7, 11) is 0. The molecule has 0 spiro atoms. The van der Waals surface area contributed by atoms with E-state index in [1.165, 1.54) is 17.7 Å². The summed E-state index contributed by atoms with van der Waals surface area (Å²) in [6.07, 6.45) is 4.10. The molecule has 0 aliphatic carbocycles. The number of non-ortho nitro benzene ring substituents is 1. The molecule has 0 bridgehead atoms. The smallest absolute Gasteiger partial charge is 0.271 e. The second kappa shape index (κ2) is 6.78. The van der Waals surface area contributed by atoms with Gasteiger partial charge in [-0.1, -0.05) is 24.3 Å². The molecule has 0 saturated carbocycles. The molecule has 0 aromatic heterocycles. The monoisotopic (exact) mass is 366 g/mol. The number of β-amino-alcohol motifs (C(OH)–C–C–N with tert-alkyl or cyclic N) is 1. The van der Waals surface area contributed by atoms with Crippen molar-refractivity contribution in [1.82, 2.24) is 0 Å². The average molecular weight is 366 g/mol. The number of benzene rings is 2. The van der Waals surface area contributed by atoms with Crippen LogP contribution >= 0.6 is 0 Å². The summed E-state index contributed by atoms with van der Waals surface area (Å²) in [6, 6.07) is 14.7. The number of rotatable bonds is 3. The van der Waals surface area contributed by atoms with E-state index >= 15 is 0 Å². The van der Waals surface area contributed by atoms with Crippen molar-refractivity contribution >= 4 is 17.2 Å². The van der Waals surface area contributed by atoms with Gasteiger partial charge in [0.05, 0.1) is 11.5 Å².